The Morgan fingerprint density at radius 3 is 2.68 bits per heavy atom. The molecule has 1 heterocycles. The quantitative estimate of drug-likeness (QED) is 0.842. The Morgan fingerprint density at radius 1 is 1.32 bits per heavy atom. The monoisotopic (exact) mass is 358 g/mol. The number of amides is 1. The summed E-state index contributed by atoms with van der Waals surface area (Å²) >= 11 is 1.62. The second-order valence-corrected chi connectivity index (χ2v) is 8.69. The van der Waals surface area contributed by atoms with Gasteiger partial charge >= 0.3 is 0 Å². The van der Waals surface area contributed by atoms with Gasteiger partial charge < -0.3 is 4.74 Å². The lowest BCUT2D eigenvalue weighted by Gasteiger charge is -2.33. The summed E-state index contributed by atoms with van der Waals surface area (Å²) in [5.41, 5.74) is 2.09. The minimum absolute atomic E-state index is 0.124. The molecule has 0 bridgehead atoms. The fraction of sp³-hybridized carbons (Fsp3) is 0.500. The highest BCUT2D eigenvalue weighted by molar-refractivity contribution is 7.15. The van der Waals surface area contributed by atoms with E-state index < -0.39 is 0 Å². The van der Waals surface area contributed by atoms with Gasteiger partial charge in [-0.2, -0.15) is 0 Å². The van der Waals surface area contributed by atoms with Crippen LogP contribution >= 0.6 is 11.3 Å². The van der Waals surface area contributed by atoms with Crippen molar-refractivity contribution in [3.63, 3.8) is 0 Å². The smallest absolute Gasteiger partial charge is 0.257 e. The van der Waals surface area contributed by atoms with Crippen LogP contribution in [0.1, 0.15) is 55.0 Å². The zero-order chi connectivity index (χ0) is 18.0. The Morgan fingerprint density at radius 2 is 2.04 bits per heavy atom. The van der Waals surface area contributed by atoms with Crippen molar-refractivity contribution in [2.45, 2.75) is 47.0 Å². The molecule has 1 aliphatic rings. The summed E-state index contributed by atoms with van der Waals surface area (Å²) < 4.78 is 5.41. The minimum atomic E-state index is -0.124. The average Bonchev–Trinajstić information content (AvgIpc) is 2.96. The van der Waals surface area contributed by atoms with Crippen LogP contribution in [0.25, 0.3) is 0 Å². The molecular formula is C20H26N2O2S. The van der Waals surface area contributed by atoms with Gasteiger partial charge in [-0.05, 0) is 61.8 Å². The fourth-order valence-corrected chi connectivity index (χ4v) is 4.29. The first-order chi connectivity index (χ1) is 11.9. The number of carbonyl (C=O) groups excluding carboxylic acids is 1. The molecule has 134 valence electrons. The Bertz CT molecular complexity index is 744. The number of hydrogen-bond acceptors (Lipinski definition) is 4. The van der Waals surface area contributed by atoms with Crippen molar-refractivity contribution >= 4 is 22.4 Å². The van der Waals surface area contributed by atoms with E-state index in [4.69, 9.17) is 4.74 Å². The highest BCUT2D eigenvalue weighted by atomic mass is 32.1. The van der Waals surface area contributed by atoms with E-state index in [1.165, 1.54) is 11.3 Å². The van der Waals surface area contributed by atoms with Crippen LogP contribution in [0.3, 0.4) is 0 Å². The van der Waals surface area contributed by atoms with Crippen molar-refractivity contribution in [2.24, 2.45) is 11.3 Å². The number of carbonyl (C=O) groups is 1. The topological polar surface area (TPSA) is 51.2 Å². The molecule has 1 unspecified atom stereocenters. The van der Waals surface area contributed by atoms with Crippen LogP contribution in [-0.4, -0.2) is 17.5 Å². The number of anilines is 1. The first-order valence-electron chi connectivity index (χ1n) is 8.89. The van der Waals surface area contributed by atoms with Crippen LogP contribution in [0, 0.1) is 11.3 Å². The number of nitrogens with one attached hydrogen (secondary N) is 1. The lowest BCUT2D eigenvalue weighted by Crippen LogP contribution is -2.26. The van der Waals surface area contributed by atoms with E-state index in [1.54, 1.807) is 23.5 Å². The van der Waals surface area contributed by atoms with Gasteiger partial charge in [0, 0.05) is 10.4 Å². The summed E-state index contributed by atoms with van der Waals surface area (Å²) in [5.74, 6) is 1.33. The molecular weight excluding hydrogens is 332 g/mol. The summed E-state index contributed by atoms with van der Waals surface area (Å²) in [5, 5.41) is 3.66. The maximum absolute atomic E-state index is 12.4. The Kier molecular flexibility index (Phi) is 5.13. The molecule has 25 heavy (non-hydrogen) atoms. The van der Waals surface area contributed by atoms with Crippen molar-refractivity contribution in [1.29, 1.82) is 0 Å². The highest BCUT2D eigenvalue weighted by Crippen LogP contribution is 2.40. The molecule has 3 rings (SSSR count). The van der Waals surface area contributed by atoms with E-state index in [0.717, 1.165) is 24.3 Å². The lowest BCUT2D eigenvalue weighted by molar-refractivity contribution is 0.102. The third-order valence-corrected chi connectivity index (χ3v) is 5.85. The van der Waals surface area contributed by atoms with Gasteiger partial charge in [0.05, 0.1) is 12.3 Å². The SMILES string of the molecule is CCOc1ccc(C(=O)Nc2nc3c(s2)CC(C(C)(C)C)CC3)cc1. The normalized spacial score (nSPS) is 17.0. The molecule has 1 atom stereocenters. The summed E-state index contributed by atoms with van der Waals surface area (Å²) in [6, 6.07) is 7.20. The molecule has 1 aromatic carbocycles. The summed E-state index contributed by atoms with van der Waals surface area (Å²) in [6.07, 6.45) is 3.24. The number of ether oxygens (including phenoxy) is 1. The number of aromatic nitrogens is 1. The largest absolute Gasteiger partial charge is 0.494 e. The Labute approximate surface area is 153 Å². The molecule has 0 fully saturated rings. The van der Waals surface area contributed by atoms with Crippen molar-refractivity contribution in [3.05, 3.63) is 40.4 Å². The van der Waals surface area contributed by atoms with Gasteiger partial charge in [0.25, 0.3) is 5.91 Å². The van der Waals surface area contributed by atoms with Crippen molar-refractivity contribution in [2.75, 3.05) is 11.9 Å². The number of rotatable bonds is 4. The molecule has 0 saturated carbocycles. The molecule has 5 heteroatoms. The summed E-state index contributed by atoms with van der Waals surface area (Å²) in [7, 11) is 0. The van der Waals surface area contributed by atoms with Crippen molar-refractivity contribution < 1.29 is 9.53 Å². The van der Waals surface area contributed by atoms with Gasteiger partial charge in [-0.3, -0.25) is 10.1 Å². The highest BCUT2D eigenvalue weighted by Gasteiger charge is 2.30. The van der Waals surface area contributed by atoms with E-state index in [-0.39, 0.29) is 5.91 Å². The van der Waals surface area contributed by atoms with E-state index >= 15 is 0 Å². The van der Waals surface area contributed by atoms with E-state index in [2.05, 4.69) is 31.1 Å². The zero-order valence-corrected chi connectivity index (χ0v) is 16.2. The number of benzene rings is 1. The number of aryl methyl sites for hydroxylation is 1. The predicted molar refractivity (Wildman–Crippen MR) is 103 cm³/mol. The van der Waals surface area contributed by atoms with Gasteiger partial charge in [-0.15, -0.1) is 11.3 Å². The van der Waals surface area contributed by atoms with Gasteiger partial charge in [0.1, 0.15) is 5.75 Å². The summed E-state index contributed by atoms with van der Waals surface area (Å²) in [4.78, 5) is 18.4. The molecule has 4 nitrogen and oxygen atoms in total. The minimum Gasteiger partial charge on any atom is -0.494 e. The van der Waals surface area contributed by atoms with E-state index in [1.807, 2.05) is 19.1 Å². The Balaban J connectivity index is 1.68. The molecule has 0 spiro atoms. The third kappa shape index (κ3) is 4.21. The predicted octanol–water partition coefficient (Wildman–Crippen LogP) is 4.95. The molecule has 1 N–H and O–H groups in total. The molecule has 0 aliphatic heterocycles. The second kappa shape index (κ2) is 7.16. The lowest BCUT2D eigenvalue weighted by atomic mass is 9.73. The fourth-order valence-electron chi connectivity index (χ4n) is 3.21. The van der Waals surface area contributed by atoms with Crippen molar-refractivity contribution in [1.82, 2.24) is 4.98 Å². The number of nitrogens with zero attached hydrogens (tertiary/aromatic N) is 1. The first-order valence-corrected chi connectivity index (χ1v) is 9.71. The maximum Gasteiger partial charge on any atom is 0.257 e. The molecule has 0 radical (unpaired) electrons. The van der Waals surface area contributed by atoms with Gasteiger partial charge in [0.2, 0.25) is 0 Å². The Hall–Kier alpha value is -1.88. The van der Waals surface area contributed by atoms with E-state index in [9.17, 15) is 4.79 Å². The van der Waals surface area contributed by atoms with Crippen LogP contribution in [0.2, 0.25) is 0 Å². The first kappa shape index (κ1) is 17.9. The number of fused-ring (bicyclic) bond motifs is 1. The molecule has 1 aromatic heterocycles. The zero-order valence-electron chi connectivity index (χ0n) is 15.4. The van der Waals surface area contributed by atoms with Gasteiger partial charge in [-0.25, -0.2) is 4.98 Å². The van der Waals surface area contributed by atoms with Crippen LogP contribution in [0.4, 0.5) is 5.13 Å². The number of hydrogen-bond donors (Lipinski definition) is 1. The number of thiazole rings is 1. The van der Waals surface area contributed by atoms with Crippen LogP contribution in [0.15, 0.2) is 24.3 Å². The van der Waals surface area contributed by atoms with Crippen LogP contribution in [0.5, 0.6) is 5.75 Å². The third-order valence-electron chi connectivity index (χ3n) is 4.81. The second-order valence-electron chi connectivity index (χ2n) is 7.61. The average molecular weight is 359 g/mol. The molecule has 2 aromatic rings. The molecule has 0 saturated heterocycles. The van der Waals surface area contributed by atoms with Gasteiger partial charge in [0.15, 0.2) is 5.13 Å². The van der Waals surface area contributed by atoms with E-state index in [0.29, 0.717) is 28.6 Å². The van der Waals surface area contributed by atoms with Crippen LogP contribution in [-0.2, 0) is 12.8 Å². The van der Waals surface area contributed by atoms with Gasteiger partial charge in [-0.1, -0.05) is 20.8 Å². The molecule has 1 amide bonds. The van der Waals surface area contributed by atoms with Crippen LogP contribution < -0.4 is 10.1 Å². The summed E-state index contributed by atoms with van der Waals surface area (Å²) in [6.45, 7) is 9.47. The van der Waals surface area contributed by atoms with Crippen molar-refractivity contribution in [3.8, 4) is 5.75 Å². The standard InChI is InChI=1S/C20H26N2O2S/c1-5-24-15-9-6-13(7-10-15)18(23)22-19-21-16-11-8-14(20(2,3)4)12-17(16)25-19/h6-7,9-10,14H,5,8,11-12H2,1-4H3,(H,21,22,23). The molecule has 1 aliphatic carbocycles. The maximum atomic E-state index is 12.4.